The summed E-state index contributed by atoms with van der Waals surface area (Å²) in [5, 5.41) is 0. The van der Waals surface area contributed by atoms with Crippen molar-refractivity contribution in [3.05, 3.63) is 83.7 Å². The number of thioether (sulfide) groups is 1. The molecule has 0 atom stereocenters. The summed E-state index contributed by atoms with van der Waals surface area (Å²) in [5.41, 5.74) is 2.50. The van der Waals surface area contributed by atoms with E-state index in [1.807, 2.05) is 41.4 Å². The molecule has 2 aliphatic rings. The highest BCUT2D eigenvalue weighted by molar-refractivity contribution is 7.98. The Morgan fingerprint density at radius 3 is 2.41 bits per heavy atom. The number of ketones is 1. The predicted molar refractivity (Wildman–Crippen MR) is 131 cm³/mol. The lowest BCUT2D eigenvalue weighted by atomic mass is 9.88. The molecule has 0 spiro atoms. The predicted octanol–water partition coefficient (Wildman–Crippen LogP) is 4.88. The Hall–Kier alpha value is -3.32. The van der Waals surface area contributed by atoms with E-state index in [-0.39, 0.29) is 17.6 Å². The zero-order valence-electron chi connectivity index (χ0n) is 18.8. The summed E-state index contributed by atoms with van der Waals surface area (Å²) < 4.78 is 11.2. The van der Waals surface area contributed by atoms with Crippen molar-refractivity contribution in [2.24, 2.45) is 5.92 Å². The maximum Gasteiger partial charge on any atom is 0.253 e. The van der Waals surface area contributed by atoms with Gasteiger partial charge in [-0.1, -0.05) is 6.07 Å². The first-order valence-electron chi connectivity index (χ1n) is 11.5. The van der Waals surface area contributed by atoms with Crippen LogP contribution in [-0.2, 0) is 5.75 Å². The second-order valence-corrected chi connectivity index (χ2v) is 9.51. The maximum absolute atomic E-state index is 13.0. The highest BCUT2D eigenvalue weighted by atomic mass is 32.2. The first kappa shape index (κ1) is 22.5. The fraction of sp³-hybridized carbons (Fsp3) is 0.296. The molecule has 7 heteroatoms. The van der Waals surface area contributed by atoms with Crippen LogP contribution in [-0.4, -0.2) is 47.9 Å². The third kappa shape index (κ3) is 5.09. The molecular formula is C27H26N2O4S. The molecule has 174 valence electrons. The molecular weight excluding hydrogens is 448 g/mol. The summed E-state index contributed by atoms with van der Waals surface area (Å²) in [6.45, 7) is 2.18. The van der Waals surface area contributed by atoms with Gasteiger partial charge < -0.3 is 14.4 Å². The number of hydrogen-bond acceptors (Lipinski definition) is 6. The number of ether oxygens (including phenoxy) is 2. The Morgan fingerprint density at radius 1 is 0.941 bits per heavy atom. The van der Waals surface area contributed by atoms with Crippen LogP contribution in [0.3, 0.4) is 0 Å². The molecule has 0 radical (unpaired) electrons. The van der Waals surface area contributed by atoms with E-state index >= 15 is 0 Å². The number of hydrogen-bond donors (Lipinski definition) is 0. The number of carbonyl (C=O) groups excluding carboxylic acids is 2. The van der Waals surface area contributed by atoms with Gasteiger partial charge in [-0.3, -0.25) is 14.6 Å². The van der Waals surface area contributed by atoms with Crippen LogP contribution >= 0.6 is 11.8 Å². The molecule has 2 aliphatic heterocycles. The molecule has 0 bridgehead atoms. The Bertz CT molecular complexity index is 1160. The molecule has 1 amide bonds. The summed E-state index contributed by atoms with van der Waals surface area (Å²) in [5.74, 6) is 2.20. The minimum absolute atomic E-state index is 0.0223. The van der Waals surface area contributed by atoms with Gasteiger partial charge in [-0.25, -0.2) is 0 Å². The number of carbonyl (C=O) groups is 2. The van der Waals surface area contributed by atoms with Crippen LogP contribution in [0.4, 0.5) is 0 Å². The Morgan fingerprint density at radius 2 is 1.68 bits per heavy atom. The van der Waals surface area contributed by atoms with Crippen molar-refractivity contribution >= 4 is 23.5 Å². The molecule has 6 nitrogen and oxygen atoms in total. The second kappa shape index (κ2) is 10.3. The standard InChI is InChI=1S/C27H26N2O4S/c30-26(22-5-8-24-25(16-22)33-15-14-32-24)20-9-12-29(13-10-20)27(31)21-3-6-23(7-4-21)34-18-19-2-1-11-28-17-19/h1-8,11,16-17,20H,9-10,12-15,18H2. The molecule has 2 aromatic carbocycles. The first-order chi connectivity index (χ1) is 16.7. The van der Waals surface area contributed by atoms with Crippen molar-refractivity contribution < 1.29 is 19.1 Å². The molecule has 0 N–H and O–H groups in total. The van der Waals surface area contributed by atoms with Gasteiger partial charge in [-0.2, -0.15) is 0 Å². The van der Waals surface area contributed by atoms with Gasteiger partial charge in [-0.05, 0) is 66.9 Å². The number of benzene rings is 2. The van der Waals surface area contributed by atoms with Crippen molar-refractivity contribution in [2.45, 2.75) is 23.5 Å². The van der Waals surface area contributed by atoms with Crippen LogP contribution in [0, 0.1) is 5.92 Å². The largest absolute Gasteiger partial charge is 0.486 e. The van der Waals surface area contributed by atoms with Gasteiger partial charge in [0.15, 0.2) is 17.3 Å². The van der Waals surface area contributed by atoms with Crippen LogP contribution in [0.25, 0.3) is 0 Å². The zero-order valence-corrected chi connectivity index (χ0v) is 19.6. The highest BCUT2D eigenvalue weighted by Crippen LogP contribution is 2.33. The Kier molecular flexibility index (Phi) is 6.81. The molecule has 0 aliphatic carbocycles. The number of pyridine rings is 1. The average molecular weight is 475 g/mol. The Balaban J connectivity index is 1.14. The summed E-state index contributed by atoms with van der Waals surface area (Å²) >= 11 is 1.72. The lowest BCUT2D eigenvalue weighted by Crippen LogP contribution is -2.40. The number of nitrogens with zero attached hydrogens (tertiary/aromatic N) is 2. The number of aromatic nitrogens is 1. The van der Waals surface area contributed by atoms with Crippen LogP contribution in [0.1, 0.15) is 39.1 Å². The van der Waals surface area contributed by atoms with Crippen molar-refractivity contribution in [1.29, 1.82) is 0 Å². The van der Waals surface area contributed by atoms with Crippen molar-refractivity contribution in [2.75, 3.05) is 26.3 Å². The van der Waals surface area contributed by atoms with E-state index < -0.39 is 0 Å². The van der Waals surface area contributed by atoms with E-state index in [0.717, 1.165) is 10.6 Å². The third-order valence-electron chi connectivity index (χ3n) is 6.21. The van der Waals surface area contributed by atoms with E-state index in [0.29, 0.717) is 61.8 Å². The summed E-state index contributed by atoms with van der Waals surface area (Å²) in [6, 6.07) is 17.1. The smallest absolute Gasteiger partial charge is 0.253 e. The average Bonchev–Trinajstić information content (AvgIpc) is 2.92. The minimum Gasteiger partial charge on any atom is -0.486 e. The topological polar surface area (TPSA) is 68.7 Å². The molecule has 3 heterocycles. The number of amides is 1. The summed E-state index contributed by atoms with van der Waals surface area (Å²) in [7, 11) is 0. The Labute approximate surface area is 203 Å². The molecule has 5 rings (SSSR count). The van der Waals surface area contributed by atoms with Gasteiger partial charge in [0.05, 0.1) is 0 Å². The highest BCUT2D eigenvalue weighted by Gasteiger charge is 2.29. The van der Waals surface area contributed by atoms with Gasteiger partial charge in [0.25, 0.3) is 5.91 Å². The minimum atomic E-state index is -0.0853. The van der Waals surface area contributed by atoms with E-state index in [4.69, 9.17) is 9.47 Å². The van der Waals surface area contributed by atoms with Gasteiger partial charge in [0.1, 0.15) is 13.2 Å². The fourth-order valence-corrected chi connectivity index (χ4v) is 5.14. The third-order valence-corrected chi connectivity index (χ3v) is 7.29. The lowest BCUT2D eigenvalue weighted by Gasteiger charge is -2.31. The van der Waals surface area contributed by atoms with E-state index in [1.54, 1.807) is 36.2 Å². The van der Waals surface area contributed by atoms with E-state index in [1.165, 1.54) is 5.56 Å². The molecule has 3 aromatic rings. The lowest BCUT2D eigenvalue weighted by molar-refractivity contribution is 0.0650. The van der Waals surface area contributed by atoms with Gasteiger partial charge in [-0.15, -0.1) is 11.8 Å². The molecule has 1 fully saturated rings. The SMILES string of the molecule is O=C(c1ccc2c(c1)OCCO2)C1CCN(C(=O)c2ccc(SCc3cccnc3)cc2)CC1. The molecule has 1 aromatic heterocycles. The number of Topliss-reactive ketones (excluding diaryl/α,β-unsaturated/α-hetero) is 1. The number of rotatable bonds is 6. The van der Waals surface area contributed by atoms with Gasteiger partial charge in [0.2, 0.25) is 0 Å². The summed E-state index contributed by atoms with van der Waals surface area (Å²) in [4.78, 5) is 33.1. The first-order valence-corrected chi connectivity index (χ1v) is 12.5. The number of likely N-dealkylation sites (tertiary alicyclic amines) is 1. The molecule has 1 saturated heterocycles. The summed E-state index contributed by atoms with van der Waals surface area (Å²) in [6.07, 6.45) is 4.97. The van der Waals surface area contributed by atoms with Crippen LogP contribution < -0.4 is 9.47 Å². The maximum atomic E-state index is 13.0. The van der Waals surface area contributed by atoms with Crippen LogP contribution in [0.15, 0.2) is 71.9 Å². The van der Waals surface area contributed by atoms with Crippen molar-refractivity contribution in [3.8, 4) is 11.5 Å². The molecule has 34 heavy (non-hydrogen) atoms. The van der Waals surface area contributed by atoms with Crippen LogP contribution in [0.2, 0.25) is 0 Å². The number of fused-ring (bicyclic) bond motifs is 1. The molecule has 0 unspecified atom stereocenters. The van der Waals surface area contributed by atoms with Gasteiger partial charge in [0, 0.05) is 53.2 Å². The quantitative estimate of drug-likeness (QED) is 0.375. The van der Waals surface area contributed by atoms with E-state index in [9.17, 15) is 9.59 Å². The number of piperidine rings is 1. The van der Waals surface area contributed by atoms with Crippen molar-refractivity contribution in [1.82, 2.24) is 9.88 Å². The monoisotopic (exact) mass is 474 g/mol. The van der Waals surface area contributed by atoms with Crippen molar-refractivity contribution in [3.63, 3.8) is 0 Å². The van der Waals surface area contributed by atoms with E-state index in [2.05, 4.69) is 11.1 Å². The normalized spacial score (nSPS) is 15.7. The second-order valence-electron chi connectivity index (χ2n) is 8.46. The van der Waals surface area contributed by atoms with Crippen LogP contribution in [0.5, 0.6) is 11.5 Å². The zero-order chi connectivity index (χ0) is 23.3. The molecule has 0 saturated carbocycles. The van der Waals surface area contributed by atoms with Gasteiger partial charge >= 0.3 is 0 Å². The fourth-order valence-electron chi connectivity index (χ4n) is 4.30.